The highest BCUT2D eigenvalue weighted by Gasteiger charge is 2.55. The zero-order valence-electron chi connectivity index (χ0n) is 14.7. The van der Waals surface area contributed by atoms with Crippen LogP contribution in [0.5, 0.6) is 0 Å². The van der Waals surface area contributed by atoms with Crippen LogP contribution < -0.4 is 0 Å². The number of aliphatic hydroxyl groups excluding tert-OH is 1. The quantitative estimate of drug-likeness (QED) is 0.765. The van der Waals surface area contributed by atoms with Gasteiger partial charge in [-0.05, 0) is 56.3 Å². The lowest BCUT2D eigenvalue weighted by molar-refractivity contribution is -0.144. The molecule has 0 unspecified atom stereocenters. The van der Waals surface area contributed by atoms with Crippen LogP contribution in [0, 0.1) is 22.7 Å². The van der Waals surface area contributed by atoms with E-state index in [-0.39, 0.29) is 17.4 Å². The van der Waals surface area contributed by atoms with Crippen LogP contribution in [0.4, 0.5) is 0 Å². The van der Waals surface area contributed by atoms with Crippen LogP contribution in [0.15, 0.2) is 23.8 Å². The van der Waals surface area contributed by atoms with Gasteiger partial charge < -0.3 is 5.11 Å². The van der Waals surface area contributed by atoms with Crippen LogP contribution in [-0.4, -0.2) is 17.5 Å². The molecule has 3 atom stereocenters. The Morgan fingerprint density at radius 2 is 2.05 bits per heavy atom. The molecule has 124 valence electrons. The molecule has 0 aromatic rings. The molecule has 2 nitrogen and oxygen atoms in total. The first kappa shape index (κ1) is 17.5. The standard InChI is InChI=1S/C20H32O2/c1-14(11-13-21)6-8-16-15(2)7-9-17-19(3,4)18(22)10-12-20(16,17)5/h11,16-17,21H,2,6-10,12-13H2,1,3-5H3/b14-11+/t16-,17+,20+/m1/s1. The minimum Gasteiger partial charge on any atom is -0.392 e. The van der Waals surface area contributed by atoms with Crippen molar-refractivity contribution in [2.75, 3.05) is 6.61 Å². The van der Waals surface area contributed by atoms with Gasteiger partial charge >= 0.3 is 0 Å². The monoisotopic (exact) mass is 304 g/mol. The second kappa shape index (κ2) is 6.31. The highest BCUT2D eigenvalue weighted by Crippen LogP contribution is 2.60. The average molecular weight is 304 g/mol. The Morgan fingerprint density at radius 1 is 1.36 bits per heavy atom. The number of carbonyl (C=O) groups excluding carboxylic acids is 1. The SMILES string of the molecule is C=C1CC[C@H]2C(C)(C)C(=O)CC[C@@]2(C)[C@@H]1CC/C(C)=C/CO. The molecule has 0 saturated heterocycles. The smallest absolute Gasteiger partial charge is 0.138 e. The molecule has 0 amide bonds. The summed E-state index contributed by atoms with van der Waals surface area (Å²) in [7, 11) is 0. The van der Waals surface area contributed by atoms with Gasteiger partial charge in [0.15, 0.2) is 0 Å². The second-order valence-electron chi connectivity index (χ2n) is 8.22. The van der Waals surface area contributed by atoms with Crippen molar-refractivity contribution in [1.29, 1.82) is 0 Å². The van der Waals surface area contributed by atoms with Crippen LogP contribution in [-0.2, 0) is 4.79 Å². The lowest BCUT2D eigenvalue weighted by Gasteiger charge is -2.57. The summed E-state index contributed by atoms with van der Waals surface area (Å²) in [5.74, 6) is 1.41. The van der Waals surface area contributed by atoms with Crippen LogP contribution >= 0.6 is 0 Å². The third kappa shape index (κ3) is 2.95. The Morgan fingerprint density at radius 3 is 2.68 bits per heavy atom. The van der Waals surface area contributed by atoms with Crippen molar-refractivity contribution in [3.8, 4) is 0 Å². The number of aliphatic hydroxyl groups is 1. The first-order valence-corrected chi connectivity index (χ1v) is 8.71. The minimum atomic E-state index is -0.193. The molecule has 0 heterocycles. The van der Waals surface area contributed by atoms with Crippen LogP contribution in [0.3, 0.4) is 0 Å². The Bertz CT molecular complexity index is 486. The molecule has 0 aromatic heterocycles. The van der Waals surface area contributed by atoms with Gasteiger partial charge in [0.25, 0.3) is 0 Å². The highest BCUT2D eigenvalue weighted by molar-refractivity contribution is 5.85. The van der Waals surface area contributed by atoms with Gasteiger partial charge in [0.2, 0.25) is 0 Å². The van der Waals surface area contributed by atoms with Crippen molar-refractivity contribution in [3.05, 3.63) is 23.8 Å². The fraction of sp³-hybridized carbons (Fsp3) is 0.750. The number of hydrogen-bond acceptors (Lipinski definition) is 2. The molecule has 0 aromatic carbocycles. The fourth-order valence-electron chi connectivity index (χ4n) is 5.14. The first-order valence-electron chi connectivity index (χ1n) is 8.71. The minimum absolute atomic E-state index is 0.124. The molecule has 0 radical (unpaired) electrons. The molecule has 0 aliphatic heterocycles. The predicted octanol–water partition coefficient (Wildman–Crippen LogP) is 4.68. The maximum absolute atomic E-state index is 12.4. The molecule has 22 heavy (non-hydrogen) atoms. The zero-order valence-corrected chi connectivity index (χ0v) is 14.7. The maximum atomic E-state index is 12.4. The van der Waals surface area contributed by atoms with Gasteiger partial charge in [-0.2, -0.15) is 0 Å². The number of Topliss-reactive ketones (excluding diaryl/α,β-unsaturated/α-hetero) is 1. The second-order valence-corrected chi connectivity index (χ2v) is 8.22. The first-order chi connectivity index (χ1) is 10.2. The Labute approximate surface area is 135 Å². The normalized spacial score (nSPS) is 35.4. The van der Waals surface area contributed by atoms with E-state index in [0.29, 0.717) is 17.6 Å². The maximum Gasteiger partial charge on any atom is 0.138 e. The molecule has 2 aliphatic carbocycles. The number of rotatable bonds is 4. The summed E-state index contributed by atoms with van der Waals surface area (Å²) in [6, 6.07) is 0. The van der Waals surface area contributed by atoms with E-state index in [1.807, 2.05) is 6.08 Å². The summed E-state index contributed by atoms with van der Waals surface area (Å²) in [5, 5.41) is 9.03. The molecule has 2 saturated carbocycles. The van der Waals surface area contributed by atoms with E-state index in [2.05, 4.69) is 34.3 Å². The van der Waals surface area contributed by atoms with Gasteiger partial charge in [-0.15, -0.1) is 0 Å². The van der Waals surface area contributed by atoms with Gasteiger partial charge in [0.1, 0.15) is 5.78 Å². The molecule has 1 N–H and O–H groups in total. The summed E-state index contributed by atoms with van der Waals surface area (Å²) in [6.45, 7) is 13.3. The van der Waals surface area contributed by atoms with Gasteiger partial charge in [0.05, 0.1) is 6.61 Å². The van der Waals surface area contributed by atoms with Crippen molar-refractivity contribution in [1.82, 2.24) is 0 Å². The van der Waals surface area contributed by atoms with Crippen molar-refractivity contribution in [2.24, 2.45) is 22.7 Å². The summed E-state index contributed by atoms with van der Waals surface area (Å²) >= 11 is 0. The third-order valence-corrected chi connectivity index (χ3v) is 6.59. The third-order valence-electron chi connectivity index (χ3n) is 6.59. The lowest BCUT2D eigenvalue weighted by Crippen LogP contribution is -2.53. The van der Waals surface area contributed by atoms with E-state index in [1.54, 1.807) is 0 Å². The number of hydrogen-bond donors (Lipinski definition) is 1. The highest BCUT2D eigenvalue weighted by atomic mass is 16.2. The van der Waals surface area contributed by atoms with Crippen molar-refractivity contribution in [3.63, 3.8) is 0 Å². The van der Waals surface area contributed by atoms with E-state index < -0.39 is 0 Å². The van der Waals surface area contributed by atoms with E-state index in [1.165, 1.54) is 11.1 Å². The number of carbonyl (C=O) groups is 1. The van der Waals surface area contributed by atoms with Crippen molar-refractivity contribution < 1.29 is 9.90 Å². The fourth-order valence-corrected chi connectivity index (χ4v) is 5.14. The van der Waals surface area contributed by atoms with Crippen LogP contribution in [0.1, 0.15) is 66.2 Å². The lowest BCUT2D eigenvalue weighted by atomic mass is 9.47. The number of ketones is 1. The topological polar surface area (TPSA) is 37.3 Å². The molecule has 0 spiro atoms. The molecule has 2 heteroatoms. The van der Waals surface area contributed by atoms with E-state index in [9.17, 15) is 4.79 Å². The van der Waals surface area contributed by atoms with Gasteiger partial charge in [-0.1, -0.05) is 44.6 Å². The molecule has 2 aliphatic rings. The summed E-state index contributed by atoms with van der Waals surface area (Å²) < 4.78 is 0. The number of allylic oxidation sites excluding steroid dienone is 2. The molecular formula is C20H32O2. The molecule has 2 fully saturated rings. The average Bonchev–Trinajstić information content (AvgIpc) is 2.43. The Kier molecular flexibility index (Phi) is 5.01. The van der Waals surface area contributed by atoms with Crippen molar-refractivity contribution in [2.45, 2.75) is 66.2 Å². The van der Waals surface area contributed by atoms with Gasteiger partial charge in [-0.25, -0.2) is 0 Å². The van der Waals surface area contributed by atoms with E-state index in [0.717, 1.165) is 38.5 Å². The van der Waals surface area contributed by atoms with Crippen molar-refractivity contribution >= 4 is 5.78 Å². The van der Waals surface area contributed by atoms with Crippen LogP contribution in [0.25, 0.3) is 0 Å². The van der Waals surface area contributed by atoms with E-state index in [4.69, 9.17) is 5.11 Å². The summed E-state index contributed by atoms with van der Waals surface area (Å²) in [5.41, 5.74) is 2.64. The Balaban J connectivity index is 2.23. The Hall–Kier alpha value is -0.890. The zero-order chi connectivity index (χ0) is 16.5. The summed E-state index contributed by atoms with van der Waals surface area (Å²) in [6.07, 6.45) is 7.90. The summed E-state index contributed by atoms with van der Waals surface area (Å²) in [4.78, 5) is 12.4. The van der Waals surface area contributed by atoms with Gasteiger partial charge in [-0.3, -0.25) is 4.79 Å². The van der Waals surface area contributed by atoms with E-state index >= 15 is 0 Å². The predicted molar refractivity (Wildman–Crippen MR) is 91.6 cm³/mol. The van der Waals surface area contributed by atoms with Crippen LogP contribution in [0.2, 0.25) is 0 Å². The molecule has 0 bridgehead atoms. The largest absolute Gasteiger partial charge is 0.392 e. The van der Waals surface area contributed by atoms with Gasteiger partial charge in [0, 0.05) is 11.8 Å². The number of fused-ring (bicyclic) bond motifs is 1. The molecular weight excluding hydrogens is 272 g/mol. The molecule has 2 rings (SSSR count).